The summed E-state index contributed by atoms with van der Waals surface area (Å²) in [4.78, 5) is 29.0. The first kappa shape index (κ1) is 27.2. The minimum absolute atomic E-state index is 0.172. The molecule has 1 aliphatic rings. The van der Waals surface area contributed by atoms with E-state index in [0.717, 1.165) is 78.6 Å². The quantitative estimate of drug-likeness (QED) is 0.150. The fraction of sp³-hybridized carbons (Fsp3) is 0.344. The number of amides is 2. The molecule has 5 rings (SSSR count). The number of anilines is 1. The summed E-state index contributed by atoms with van der Waals surface area (Å²) in [5, 5.41) is 15.4. The highest BCUT2D eigenvalue weighted by molar-refractivity contribution is 5.99. The van der Waals surface area contributed by atoms with E-state index >= 15 is 0 Å². The van der Waals surface area contributed by atoms with Gasteiger partial charge in [0.05, 0.1) is 16.7 Å². The summed E-state index contributed by atoms with van der Waals surface area (Å²) in [6, 6.07) is 21.0. The number of imidazole rings is 1. The van der Waals surface area contributed by atoms with Crippen LogP contribution >= 0.6 is 0 Å². The fourth-order valence-corrected chi connectivity index (χ4v) is 5.48. The average Bonchev–Trinajstić information content (AvgIpc) is 3.30. The molecular formula is C32H36N4O4. The molecule has 0 bridgehead atoms. The Kier molecular flexibility index (Phi) is 8.64. The third kappa shape index (κ3) is 6.45. The second kappa shape index (κ2) is 12.7. The van der Waals surface area contributed by atoms with E-state index in [1.54, 1.807) is 12.1 Å². The molecule has 3 aromatic carbocycles. The summed E-state index contributed by atoms with van der Waals surface area (Å²) in [6.07, 6.45) is 7.19. The second-order valence-corrected chi connectivity index (χ2v) is 10.4. The van der Waals surface area contributed by atoms with E-state index in [4.69, 9.17) is 14.8 Å². The third-order valence-electron chi connectivity index (χ3n) is 7.48. The molecule has 208 valence electrons. The standard InChI is InChI=1S/C32H36N4O4/c1-2-3-16-29-34-26-13-9-14-27(35-31(37)33-24-10-5-4-6-11-24)30(26)36(29)21-22-17-19-23(20-18-22)25-12-7-8-15-28(25)40-32(38)39/h7-9,12-15,17-20,24H,2-6,10-11,16,21H2,1H3,(H,38,39)(H2,33,35,37). The largest absolute Gasteiger partial charge is 0.511 e. The van der Waals surface area contributed by atoms with Crippen molar-refractivity contribution < 1.29 is 19.4 Å². The zero-order valence-electron chi connectivity index (χ0n) is 22.9. The van der Waals surface area contributed by atoms with Gasteiger partial charge in [0, 0.05) is 24.6 Å². The van der Waals surface area contributed by atoms with Gasteiger partial charge in [0.1, 0.15) is 11.6 Å². The van der Waals surface area contributed by atoms with E-state index in [-0.39, 0.29) is 12.1 Å². The number of fused-ring (bicyclic) bond motifs is 1. The molecule has 0 unspecified atom stereocenters. The Morgan fingerprint density at radius 3 is 2.52 bits per heavy atom. The number of nitrogens with one attached hydrogen (secondary N) is 2. The number of carbonyl (C=O) groups excluding carboxylic acids is 1. The lowest BCUT2D eigenvalue weighted by molar-refractivity contribution is 0.144. The van der Waals surface area contributed by atoms with Crippen LogP contribution in [0.5, 0.6) is 5.75 Å². The topological polar surface area (TPSA) is 105 Å². The number of carboxylic acid groups (broad SMARTS) is 1. The number of hydrogen-bond donors (Lipinski definition) is 3. The number of aryl methyl sites for hydroxylation is 1. The van der Waals surface area contributed by atoms with Crippen LogP contribution in [0.2, 0.25) is 0 Å². The Hall–Kier alpha value is -4.33. The van der Waals surface area contributed by atoms with Crippen molar-refractivity contribution in [3.63, 3.8) is 0 Å². The molecule has 4 aromatic rings. The maximum atomic E-state index is 12.9. The molecule has 1 saturated carbocycles. The van der Waals surface area contributed by atoms with Gasteiger partial charge < -0.3 is 25.0 Å². The molecule has 1 heterocycles. The molecule has 2 amide bonds. The van der Waals surface area contributed by atoms with Gasteiger partial charge in [-0.1, -0.05) is 81.1 Å². The van der Waals surface area contributed by atoms with Crippen molar-refractivity contribution in [2.45, 2.75) is 70.9 Å². The van der Waals surface area contributed by atoms with E-state index in [0.29, 0.717) is 17.9 Å². The number of urea groups is 1. The van der Waals surface area contributed by atoms with Crippen molar-refractivity contribution in [1.29, 1.82) is 0 Å². The van der Waals surface area contributed by atoms with Crippen LogP contribution in [0.25, 0.3) is 22.2 Å². The summed E-state index contributed by atoms with van der Waals surface area (Å²) in [6.45, 7) is 2.76. The van der Waals surface area contributed by atoms with Gasteiger partial charge in [0.15, 0.2) is 0 Å². The minimum Gasteiger partial charge on any atom is -0.449 e. The first-order valence-corrected chi connectivity index (χ1v) is 14.2. The van der Waals surface area contributed by atoms with E-state index < -0.39 is 6.16 Å². The molecule has 8 heteroatoms. The van der Waals surface area contributed by atoms with Crippen molar-refractivity contribution in [1.82, 2.24) is 14.9 Å². The number of hydrogen-bond acceptors (Lipinski definition) is 4. The maximum absolute atomic E-state index is 12.9. The fourth-order valence-electron chi connectivity index (χ4n) is 5.48. The Labute approximate surface area is 234 Å². The van der Waals surface area contributed by atoms with Gasteiger partial charge in [-0.2, -0.15) is 0 Å². The second-order valence-electron chi connectivity index (χ2n) is 10.4. The molecule has 0 radical (unpaired) electrons. The molecular weight excluding hydrogens is 504 g/mol. The zero-order chi connectivity index (χ0) is 27.9. The van der Waals surface area contributed by atoms with E-state index in [9.17, 15) is 9.59 Å². The summed E-state index contributed by atoms with van der Waals surface area (Å²) in [5.41, 5.74) is 5.17. The third-order valence-corrected chi connectivity index (χ3v) is 7.48. The number of para-hydroxylation sites is 2. The highest BCUT2D eigenvalue weighted by Gasteiger charge is 2.19. The van der Waals surface area contributed by atoms with Crippen molar-refractivity contribution in [2.24, 2.45) is 0 Å². The number of ether oxygens (including phenoxy) is 1. The van der Waals surface area contributed by atoms with Gasteiger partial charge in [-0.15, -0.1) is 0 Å². The van der Waals surface area contributed by atoms with Crippen molar-refractivity contribution in [2.75, 3.05) is 5.32 Å². The smallest absolute Gasteiger partial charge is 0.449 e. The van der Waals surface area contributed by atoms with E-state index in [2.05, 4.69) is 22.1 Å². The molecule has 1 aliphatic carbocycles. The molecule has 0 aliphatic heterocycles. The maximum Gasteiger partial charge on any atom is 0.511 e. The number of aromatic nitrogens is 2. The summed E-state index contributed by atoms with van der Waals surface area (Å²) in [7, 11) is 0. The normalized spacial score (nSPS) is 13.7. The molecule has 0 saturated heterocycles. The van der Waals surface area contributed by atoms with Crippen LogP contribution in [0.4, 0.5) is 15.3 Å². The summed E-state index contributed by atoms with van der Waals surface area (Å²) in [5.74, 6) is 1.29. The van der Waals surface area contributed by atoms with Gasteiger partial charge in [-0.3, -0.25) is 0 Å². The van der Waals surface area contributed by atoms with E-state index in [1.165, 1.54) is 6.42 Å². The van der Waals surface area contributed by atoms with Crippen LogP contribution in [0, 0.1) is 0 Å². The molecule has 1 aromatic heterocycles. The highest BCUT2D eigenvalue weighted by Crippen LogP contribution is 2.31. The van der Waals surface area contributed by atoms with Crippen LogP contribution in [0.3, 0.4) is 0 Å². The van der Waals surface area contributed by atoms with Gasteiger partial charge in [0.25, 0.3) is 0 Å². The molecule has 0 atom stereocenters. The van der Waals surface area contributed by atoms with Crippen LogP contribution in [-0.2, 0) is 13.0 Å². The van der Waals surface area contributed by atoms with Crippen LogP contribution < -0.4 is 15.4 Å². The van der Waals surface area contributed by atoms with Gasteiger partial charge in [0.2, 0.25) is 0 Å². The van der Waals surface area contributed by atoms with Gasteiger partial charge >= 0.3 is 12.2 Å². The lowest BCUT2D eigenvalue weighted by atomic mass is 9.96. The Morgan fingerprint density at radius 1 is 1.00 bits per heavy atom. The average molecular weight is 541 g/mol. The minimum atomic E-state index is -1.34. The lowest BCUT2D eigenvalue weighted by Crippen LogP contribution is -2.39. The molecule has 0 spiro atoms. The Bertz CT molecular complexity index is 1470. The van der Waals surface area contributed by atoms with E-state index in [1.807, 2.05) is 54.6 Å². The number of unbranched alkanes of at least 4 members (excludes halogenated alkanes) is 1. The zero-order valence-corrected chi connectivity index (χ0v) is 22.9. The van der Waals surface area contributed by atoms with Crippen LogP contribution in [-0.4, -0.2) is 32.9 Å². The van der Waals surface area contributed by atoms with Gasteiger partial charge in [-0.05, 0) is 48.6 Å². The van der Waals surface area contributed by atoms with Crippen molar-refractivity contribution in [3.8, 4) is 16.9 Å². The predicted octanol–water partition coefficient (Wildman–Crippen LogP) is 7.61. The number of carbonyl (C=O) groups is 2. The molecule has 40 heavy (non-hydrogen) atoms. The number of rotatable bonds is 9. The lowest BCUT2D eigenvalue weighted by Gasteiger charge is -2.23. The first-order chi connectivity index (χ1) is 19.5. The number of nitrogens with zero attached hydrogens (tertiary/aromatic N) is 2. The summed E-state index contributed by atoms with van der Waals surface area (Å²) >= 11 is 0. The SMILES string of the molecule is CCCCc1nc2cccc(NC(=O)NC3CCCCC3)c2n1Cc1ccc(-c2ccccc2OC(=O)O)cc1. The Balaban J connectivity index is 1.43. The van der Waals surface area contributed by atoms with Crippen LogP contribution in [0.15, 0.2) is 66.7 Å². The predicted molar refractivity (Wildman–Crippen MR) is 157 cm³/mol. The Morgan fingerprint density at radius 2 is 1.77 bits per heavy atom. The highest BCUT2D eigenvalue weighted by atomic mass is 16.7. The number of benzene rings is 3. The molecule has 8 nitrogen and oxygen atoms in total. The van der Waals surface area contributed by atoms with Crippen LogP contribution in [0.1, 0.15) is 63.3 Å². The summed E-state index contributed by atoms with van der Waals surface area (Å²) < 4.78 is 7.18. The van der Waals surface area contributed by atoms with Gasteiger partial charge in [-0.25, -0.2) is 14.6 Å². The van der Waals surface area contributed by atoms with Crippen molar-refractivity contribution in [3.05, 3.63) is 78.1 Å². The molecule has 3 N–H and O–H groups in total. The monoisotopic (exact) mass is 540 g/mol. The molecule has 1 fully saturated rings. The van der Waals surface area contributed by atoms with Crippen molar-refractivity contribution >= 4 is 28.9 Å². The first-order valence-electron chi connectivity index (χ1n) is 14.2.